The lowest BCUT2D eigenvalue weighted by Gasteiger charge is -2.14. The molecule has 20 heavy (non-hydrogen) atoms. The molecule has 0 radical (unpaired) electrons. The van der Waals surface area contributed by atoms with Crippen LogP contribution >= 0.6 is 0 Å². The van der Waals surface area contributed by atoms with Gasteiger partial charge in [0.05, 0.1) is 17.7 Å². The molecule has 0 aliphatic carbocycles. The largest absolute Gasteiger partial charge is 0.481 e. The Labute approximate surface area is 112 Å². The lowest BCUT2D eigenvalue weighted by Crippen LogP contribution is -2.09. The lowest BCUT2D eigenvalue weighted by molar-refractivity contribution is -0.137. The maximum absolute atomic E-state index is 13.0. The van der Waals surface area contributed by atoms with Gasteiger partial charge in [0.15, 0.2) is 0 Å². The van der Waals surface area contributed by atoms with Gasteiger partial charge < -0.3 is 5.11 Å². The molecule has 3 nitrogen and oxygen atoms in total. The third kappa shape index (κ3) is 2.96. The Bertz CT molecular complexity index is 638. The summed E-state index contributed by atoms with van der Waals surface area (Å²) in [4.78, 5) is 14.7. The minimum absolute atomic E-state index is 0.0443. The second-order valence-electron chi connectivity index (χ2n) is 4.12. The molecule has 0 atom stereocenters. The molecule has 0 bridgehead atoms. The van der Waals surface area contributed by atoms with Crippen molar-refractivity contribution in [2.24, 2.45) is 0 Å². The molecule has 2 rings (SSSR count). The monoisotopic (exact) mass is 281 g/mol. The van der Waals surface area contributed by atoms with Crippen molar-refractivity contribution in [1.29, 1.82) is 0 Å². The Morgan fingerprint density at radius 3 is 2.50 bits per heavy atom. The highest BCUT2D eigenvalue weighted by atomic mass is 19.4. The van der Waals surface area contributed by atoms with E-state index >= 15 is 0 Å². The van der Waals surface area contributed by atoms with Crippen LogP contribution in [-0.4, -0.2) is 16.1 Å². The minimum Gasteiger partial charge on any atom is -0.481 e. The van der Waals surface area contributed by atoms with Crippen LogP contribution in [0.4, 0.5) is 13.2 Å². The molecule has 1 aromatic heterocycles. The summed E-state index contributed by atoms with van der Waals surface area (Å²) in [6.07, 6.45) is -3.56. The number of aliphatic carboxylic acids is 1. The van der Waals surface area contributed by atoms with Crippen LogP contribution in [0.5, 0.6) is 0 Å². The second kappa shape index (κ2) is 5.32. The van der Waals surface area contributed by atoms with E-state index in [1.807, 2.05) is 0 Å². The maximum atomic E-state index is 13.0. The van der Waals surface area contributed by atoms with Crippen molar-refractivity contribution in [2.75, 3.05) is 0 Å². The van der Waals surface area contributed by atoms with Crippen LogP contribution in [0.25, 0.3) is 11.3 Å². The predicted octanol–water partition coefficient (Wildman–Crippen LogP) is 3.39. The normalized spacial score (nSPS) is 11.3. The van der Waals surface area contributed by atoms with Gasteiger partial charge in [-0.1, -0.05) is 24.3 Å². The predicted molar refractivity (Wildman–Crippen MR) is 66.0 cm³/mol. The number of hydrogen-bond donors (Lipinski definition) is 1. The van der Waals surface area contributed by atoms with Crippen molar-refractivity contribution < 1.29 is 23.1 Å². The molecule has 1 heterocycles. The molecule has 1 aromatic carbocycles. The fourth-order valence-electron chi connectivity index (χ4n) is 1.92. The summed E-state index contributed by atoms with van der Waals surface area (Å²) in [5.74, 6) is -1.12. The van der Waals surface area contributed by atoms with Crippen LogP contribution in [0.15, 0.2) is 42.6 Å². The van der Waals surface area contributed by atoms with Crippen molar-refractivity contribution in [2.45, 2.75) is 12.6 Å². The number of pyridine rings is 1. The molecule has 0 aliphatic heterocycles. The van der Waals surface area contributed by atoms with Gasteiger partial charge >= 0.3 is 12.1 Å². The number of rotatable bonds is 3. The Morgan fingerprint density at radius 1 is 1.15 bits per heavy atom. The molecular weight excluding hydrogens is 271 g/mol. The number of carbonyl (C=O) groups is 1. The quantitative estimate of drug-likeness (QED) is 0.938. The molecule has 0 saturated heterocycles. The zero-order valence-electron chi connectivity index (χ0n) is 10.2. The van der Waals surface area contributed by atoms with E-state index in [9.17, 15) is 18.0 Å². The van der Waals surface area contributed by atoms with Gasteiger partial charge in [-0.25, -0.2) is 0 Å². The number of carboxylic acid groups (broad SMARTS) is 1. The first-order chi connectivity index (χ1) is 9.39. The first-order valence-electron chi connectivity index (χ1n) is 5.72. The number of nitrogens with zero attached hydrogens (tertiary/aromatic N) is 1. The van der Waals surface area contributed by atoms with Crippen LogP contribution in [0.2, 0.25) is 0 Å². The Hall–Kier alpha value is -2.37. The lowest BCUT2D eigenvalue weighted by atomic mass is 9.98. The third-order valence-electron chi connectivity index (χ3n) is 2.72. The minimum atomic E-state index is -4.52. The number of aromatic nitrogens is 1. The van der Waals surface area contributed by atoms with E-state index in [0.29, 0.717) is 0 Å². The van der Waals surface area contributed by atoms with E-state index in [4.69, 9.17) is 5.11 Å². The Morgan fingerprint density at radius 2 is 1.85 bits per heavy atom. The van der Waals surface area contributed by atoms with Gasteiger partial charge in [-0.05, 0) is 17.7 Å². The fraction of sp³-hybridized carbons (Fsp3) is 0.143. The van der Waals surface area contributed by atoms with E-state index in [2.05, 4.69) is 4.98 Å². The summed E-state index contributed by atoms with van der Waals surface area (Å²) in [6.45, 7) is 0. The van der Waals surface area contributed by atoms with Crippen molar-refractivity contribution in [3.63, 3.8) is 0 Å². The van der Waals surface area contributed by atoms with Gasteiger partial charge in [0.2, 0.25) is 0 Å². The first-order valence-corrected chi connectivity index (χ1v) is 5.72. The summed E-state index contributed by atoms with van der Waals surface area (Å²) >= 11 is 0. The summed E-state index contributed by atoms with van der Waals surface area (Å²) in [5, 5.41) is 8.82. The molecule has 0 spiro atoms. The first kappa shape index (κ1) is 14.0. The molecule has 2 aromatic rings. The number of halogens is 3. The third-order valence-corrected chi connectivity index (χ3v) is 2.72. The van der Waals surface area contributed by atoms with Crippen LogP contribution < -0.4 is 0 Å². The van der Waals surface area contributed by atoms with Gasteiger partial charge in [-0.2, -0.15) is 13.2 Å². The van der Waals surface area contributed by atoms with E-state index < -0.39 is 17.7 Å². The zero-order valence-corrected chi connectivity index (χ0v) is 10.2. The van der Waals surface area contributed by atoms with Crippen LogP contribution in [-0.2, 0) is 17.4 Å². The van der Waals surface area contributed by atoms with E-state index in [1.165, 1.54) is 36.5 Å². The van der Waals surface area contributed by atoms with Crippen molar-refractivity contribution in [1.82, 2.24) is 4.98 Å². The average molecular weight is 281 g/mol. The average Bonchev–Trinajstić information content (AvgIpc) is 2.38. The van der Waals surface area contributed by atoms with Gasteiger partial charge in [-0.3, -0.25) is 9.78 Å². The smallest absolute Gasteiger partial charge is 0.417 e. The fourth-order valence-corrected chi connectivity index (χ4v) is 1.92. The zero-order chi connectivity index (χ0) is 14.8. The van der Waals surface area contributed by atoms with Gasteiger partial charge in [0.1, 0.15) is 0 Å². The highest BCUT2D eigenvalue weighted by molar-refractivity contribution is 5.76. The number of hydrogen-bond acceptors (Lipinski definition) is 2. The van der Waals surface area contributed by atoms with E-state index in [1.54, 1.807) is 0 Å². The molecule has 0 unspecified atom stereocenters. The van der Waals surface area contributed by atoms with Crippen LogP contribution in [0, 0.1) is 0 Å². The summed E-state index contributed by atoms with van der Waals surface area (Å²) in [7, 11) is 0. The Balaban J connectivity index is 2.61. The second-order valence-corrected chi connectivity index (χ2v) is 4.12. The standard InChI is InChI=1S/C14H10F3NO2/c15-14(16,17)11-6-2-1-5-10(11)13-9(8-12(19)20)4-3-7-18-13/h1-7H,8H2,(H,19,20). The molecular formula is C14H10F3NO2. The molecule has 0 saturated carbocycles. The van der Waals surface area contributed by atoms with Gasteiger partial charge in [-0.15, -0.1) is 0 Å². The molecule has 6 heteroatoms. The Kier molecular flexibility index (Phi) is 3.74. The van der Waals surface area contributed by atoms with E-state index in [0.717, 1.165) is 6.07 Å². The molecule has 0 fully saturated rings. The number of benzene rings is 1. The topological polar surface area (TPSA) is 50.2 Å². The van der Waals surface area contributed by atoms with E-state index in [-0.39, 0.29) is 23.2 Å². The number of alkyl halides is 3. The van der Waals surface area contributed by atoms with Crippen LogP contribution in [0.1, 0.15) is 11.1 Å². The van der Waals surface area contributed by atoms with Gasteiger partial charge in [0, 0.05) is 11.8 Å². The summed E-state index contributed by atoms with van der Waals surface area (Å²) < 4.78 is 39.0. The summed E-state index contributed by atoms with van der Waals surface area (Å²) in [6, 6.07) is 7.95. The summed E-state index contributed by atoms with van der Waals surface area (Å²) in [5.41, 5.74) is -0.651. The maximum Gasteiger partial charge on any atom is 0.417 e. The number of carboxylic acids is 1. The molecule has 0 aliphatic rings. The SMILES string of the molecule is O=C(O)Cc1cccnc1-c1ccccc1C(F)(F)F. The van der Waals surface area contributed by atoms with Crippen molar-refractivity contribution in [3.8, 4) is 11.3 Å². The van der Waals surface area contributed by atoms with Crippen molar-refractivity contribution in [3.05, 3.63) is 53.7 Å². The van der Waals surface area contributed by atoms with Crippen LogP contribution in [0.3, 0.4) is 0 Å². The molecule has 1 N–H and O–H groups in total. The highest BCUT2D eigenvalue weighted by Crippen LogP contribution is 2.37. The highest BCUT2D eigenvalue weighted by Gasteiger charge is 2.34. The van der Waals surface area contributed by atoms with Crippen molar-refractivity contribution >= 4 is 5.97 Å². The van der Waals surface area contributed by atoms with Gasteiger partial charge in [0.25, 0.3) is 0 Å². The molecule has 104 valence electrons. The molecule has 0 amide bonds.